The smallest absolute Gasteiger partial charge is 0.137 e. The molecule has 0 unspecified atom stereocenters. The van der Waals surface area contributed by atoms with Crippen molar-refractivity contribution in [1.29, 1.82) is 5.26 Å². The molecule has 2 nitrogen and oxygen atoms in total. The zero-order valence-corrected chi connectivity index (χ0v) is 7.22. The van der Waals surface area contributed by atoms with Gasteiger partial charge in [0.1, 0.15) is 5.78 Å². The summed E-state index contributed by atoms with van der Waals surface area (Å²) in [4.78, 5) is 11.2. The van der Waals surface area contributed by atoms with E-state index in [1.54, 1.807) is 0 Å². The Balaban J connectivity index is 2.93. The van der Waals surface area contributed by atoms with Crippen LogP contribution in [0.25, 0.3) is 0 Å². The molecule has 1 aliphatic rings. The van der Waals surface area contributed by atoms with E-state index >= 15 is 0 Å². The number of nitriles is 1. The van der Waals surface area contributed by atoms with Gasteiger partial charge in [-0.1, -0.05) is 20.8 Å². The molecule has 2 atom stereocenters. The maximum atomic E-state index is 11.2. The topological polar surface area (TPSA) is 40.9 Å². The first-order chi connectivity index (χ1) is 4.99. The van der Waals surface area contributed by atoms with Crippen molar-refractivity contribution in [1.82, 2.24) is 0 Å². The van der Waals surface area contributed by atoms with E-state index in [-0.39, 0.29) is 23.0 Å². The second-order valence-corrected chi connectivity index (χ2v) is 4.03. The maximum absolute atomic E-state index is 11.2. The minimum Gasteiger partial charge on any atom is -0.299 e. The summed E-state index contributed by atoms with van der Waals surface area (Å²) < 4.78 is 0. The zero-order valence-electron chi connectivity index (χ0n) is 7.22. The first-order valence-corrected chi connectivity index (χ1v) is 3.91. The highest BCUT2D eigenvalue weighted by molar-refractivity contribution is 5.84. The van der Waals surface area contributed by atoms with Gasteiger partial charge in [-0.3, -0.25) is 4.79 Å². The normalized spacial score (nSPS) is 35.3. The van der Waals surface area contributed by atoms with Gasteiger partial charge in [-0.15, -0.1) is 0 Å². The van der Waals surface area contributed by atoms with Gasteiger partial charge in [0.15, 0.2) is 0 Å². The highest BCUT2D eigenvalue weighted by atomic mass is 16.1. The molecule has 0 aromatic rings. The third-order valence-corrected chi connectivity index (χ3v) is 2.62. The predicted molar refractivity (Wildman–Crippen MR) is 41.7 cm³/mol. The van der Waals surface area contributed by atoms with Gasteiger partial charge < -0.3 is 0 Å². The summed E-state index contributed by atoms with van der Waals surface area (Å²) >= 11 is 0. The quantitative estimate of drug-likeness (QED) is 0.529. The molecule has 0 spiro atoms. The molecule has 0 aromatic carbocycles. The van der Waals surface area contributed by atoms with Gasteiger partial charge in [0.05, 0.1) is 12.0 Å². The van der Waals surface area contributed by atoms with Crippen molar-refractivity contribution >= 4 is 5.78 Å². The SMILES string of the molecule is C[C@H]1C(=O)CC(C)(C)[C@@H]1C#N. The lowest BCUT2D eigenvalue weighted by atomic mass is 9.80. The van der Waals surface area contributed by atoms with Crippen molar-refractivity contribution < 1.29 is 4.79 Å². The first kappa shape index (κ1) is 8.26. The monoisotopic (exact) mass is 151 g/mol. The molecule has 0 radical (unpaired) electrons. The van der Waals surface area contributed by atoms with Crippen LogP contribution in [0, 0.1) is 28.6 Å². The van der Waals surface area contributed by atoms with E-state index in [9.17, 15) is 4.79 Å². The van der Waals surface area contributed by atoms with Crippen molar-refractivity contribution in [3.8, 4) is 6.07 Å². The van der Waals surface area contributed by atoms with Crippen LogP contribution >= 0.6 is 0 Å². The second-order valence-electron chi connectivity index (χ2n) is 4.03. The maximum Gasteiger partial charge on any atom is 0.137 e. The fraction of sp³-hybridized carbons (Fsp3) is 0.778. The summed E-state index contributed by atoms with van der Waals surface area (Å²) in [5, 5.41) is 8.79. The lowest BCUT2D eigenvalue weighted by Crippen LogP contribution is -2.19. The van der Waals surface area contributed by atoms with Crippen molar-refractivity contribution in [2.45, 2.75) is 27.2 Å². The summed E-state index contributed by atoms with van der Waals surface area (Å²) in [6.07, 6.45) is 0.562. The molecule has 60 valence electrons. The molecule has 2 heteroatoms. The first-order valence-electron chi connectivity index (χ1n) is 3.91. The predicted octanol–water partition coefficient (Wildman–Crippen LogP) is 1.76. The Morgan fingerprint density at radius 2 is 2.18 bits per heavy atom. The molecule has 1 rings (SSSR count). The minimum atomic E-state index is -0.106. The molecular weight excluding hydrogens is 138 g/mol. The molecule has 0 aliphatic heterocycles. The average Bonchev–Trinajstić information content (AvgIpc) is 2.03. The molecule has 0 amide bonds. The van der Waals surface area contributed by atoms with Crippen LogP contribution in [0.3, 0.4) is 0 Å². The third kappa shape index (κ3) is 1.16. The van der Waals surface area contributed by atoms with E-state index in [1.165, 1.54) is 0 Å². The van der Waals surface area contributed by atoms with Crippen LogP contribution in [0.5, 0.6) is 0 Å². The second kappa shape index (κ2) is 2.34. The summed E-state index contributed by atoms with van der Waals surface area (Å²) in [6, 6.07) is 2.21. The Hall–Kier alpha value is -0.840. The molecule has 1 saturated carbocycles. The number of nitrogens with zero attached hydrogens (tertiary/aromatic N) is 1. The van der Waals surface area contributed by atoms with Gasteiger partial charge >= 0.3 is 0 Å². The fourth-order valence-corrected chi connectivity index (χ4v) is 1.87. The van der Waals surface area contributed by atoms with E-state index in [1.807, 2.05) is 20.8 Å². The van der Waals surface area contributed by atoms with E-state index < -0.39 is 0 Å². The van der Waals surface area contributed by atoms with Crippen LogP contribution in [0.2, 0.25) is 0 Å². The summed E-state index contributed by atoms with van der Waals surface area (Å²) in [5.41, 5.74) is -0.106. The summed E-state index contributed by atoms with van der Waals surface area (Å²) in [6.45, 7) is 5.83. The van der Waals surface area contributed by atoms with Gasteiger partial charge in [0, 0.05) is 12.3 Å². The Labute approximate surface area is 67.2 Å². The van der Waals surface area contributed by atoms with Crippen molar-refractivity contribution in [2.75, 3.05) is 0 Å². The Bertz CT molecular complexity index is 224. The lowest BCUT2D eigenvalue weighted by molar-refractivity contribution is -0.120. The fourth-order valence-electron chi connectivity index (χ4n) is 1.87. The van der Waals surface area contributed by atoms with Crippen molar-refractivity contribution in [3.05, 3.63) is 0 Å². The van der Waals surface area contributed by atoms with Crippen LogP contribution in [0.15, 0.2) is 0 Å². The van der Waals surface area contributed by atoms with Gasteiger partial charge in [-0.2, -0.15) is 5.26 Å². The molecule has 11 heavy (non-hydrogen) atoms. The molecule has 1 aliphatic carbocycles. The zero-order chi connectivity index (χ0) is 8.65. The number of carbonyl (C=O) groups is 1. The molecule has 1 fully saturated rings. The lowest BCUT2D eigenvalue weighted by Gasteiger charge is -2.21. The number of ketones is 1. The Morgan fingerprint density at radius 1 is 1.64 bits per heavy atom. The minimum absolute atomic E-state index is 0.0602. The molecule has 0 N–H and O–H groups in total. The molecule has 0 bridgehead atoms. The number of hydrogen-bond acceptors (Lipinski definition) is 2. The van der Waals surface area contributed by atoms with Crippen LogP contribution in [0.4, 0.5) is 0 Å². The Kier molecular flexibility index (Phi) is 1.75. The van der Waals surface area contributed by atoms with E-state index in [0.717, 1.165) is 0 Å². The highest BCUT2D eigenvalue weighted by Crippen LogP contribution is 2.43. The highest BCUT2D eigenvalue weighted by Gasteiger charge is 2.45. The molecular formula is C9H13NO. The standard InChI is InChI=1S/C9H13NO/c1-6-7(5-10)9(2,3)4-8(6)11/h6-7H,4H2,1-3H3/t6-,7-/m1/s1. The molecule has 0 saturated heterocycles. The van der Waals surface area contributed by atoms with Gasteiger partial charge in [-0.25, -0.2) is 0 Å². The third-order valence-electron chi connectivity index (χ3n) is 2.62. The van der Waals surface area contributed by atoms with Crippen LogP contribution in [-0.4, -0.2) is 5.78 Å². The van der Waals surface area contributed by atoms with Crippen molar-refractivity contribution in [2.24, 2.45) is 17.3 Å². The number of rotatable bonds is 0. The van der Waals surface area contributed by atoms with Crippen LogP contribution in [-0.2, 0) is 4.79 Å². The summed E-state index contributed by atoms with van der Waals surface area (Å²) in [7, 11) is 0. The number of hydrogen-bond donors (Lipinski definition) is 0. The molecule has 0 aromatic heterocycles. The largest absolute Gasteiger partial charge is 0.299 e. The van der Waals surface area contributed by atoms with Gasteiger partial charge in [0.25, 0.3) is 0 Å². The average molecular weight is 151 g/mol. The van der Waals surface area contributed by atoms with Crippen LogP contribution < -0.4 is 0 Å². The van der Waals surface area contributed by atoms with Gasteiger partial charge in [0.2, 0.25) is 0 Å². The van der Waals surface area contributed by atoms with Gasteiger partial charge in [-0.05, 0) is 5.41 Å². The van der Waals surface area contributed by atoms with Crippen LogP contribution in [0.1, 0.15) is 27.2 Å². The Morgan fingerprint density at radius 3 is 2.36 bits per heavy atom. The van der Waals surface area contributed by atoms with Crippen molar-refractivity contribution in [3.63, 3.8) is 0 Å². The number of Topliss-reactive ketones (excluding diaryl/α,β-unsaturated/α-hetero) is 1. The van der Waals surface area contributed by atoms with E-state index in [0.29, 0.717) is 6.42 Å². The number of carbonyl (C=O) groups excluding carboxylic acids is 1. The summed E-state index contributed by atoms with van der Waals surface area (Å²) in [5.74, 6) is 0.0894. The van der Waals surface area contributed by atoms with E-state index in [4.69, 9.17) is 5.26 Å². The van der Waals surface area contributed by atoms with E-state index in [2.05, 4.69) is 6.07 Å². The molecule has 0 heterocycles.